The van der Waals surface area contributed by atoms with E-state index < -0.39 is 97.5 Å². The van der Waals surface area contributed by atoms with Crippen LogP contribution in [0.15, 0.2) is 48.6 Å². The van der Waals surface area contributed by atoms with Gasteiger partial charge in [0.2, 0.25) is 0 Å². The average molecular weight is 1460 g/mol. The lowest BCUT2D eigenvalue weighted by Crippen LogP contribution is -2.30. The first-order valence-corrected chi connectivity index (χ1v) is 43.9. The molecule has 2 unspecified atom stereocenters. The Bertz CT molecular complexity index is 2080. The van der Waals surface area contributed by atoms with E-state index in [0.29, 0.717) is 25.7 Å². The van der Waals surface area contributed by atoms with Crippen LogP contribution in [-0.4, -0.2) is 96.7 Å². The monoisotopic (exact) mass is 1460 g/mol. The van der Waals surface area contributed by atoms with Crippen molar-refractivity contribution in [3.8, 4) is 0 Å². The van der Waals surface area contributed by atoms with E-state index in [2.05, 4.69) is 76.3 Å². The standard InChI is InChI=1S/C81H150O17P2/c1-5-9-13-17-21-25-29-33-36-37-40-44-48-52-56-60-64-68-81(86)98-77(72-92-79(84)66-62-58-54-50-46-42-38-34-30-26-22-18-14-10-6-2)74-96-100(89,90)94-70-75(82)69-93-99(87,88)95-73-76(71-91-78(83)65-61-57-53-49-45-41-32-28-24-20-16-12-8-4)97-80(85)67-63-59-55-51-47-43-39-35-31-27-23-19-15-11-7-3/h22-23,26-27,34-35,38-39,75-77,82H,5-21,24-25,28-33,36-37,40-74H2,1-4H3,(H,87,88)(H,89,90)/b26-22-,27-23-,38-34-,39-35-/t75-,76+,77+/m0/s1. The number of allylic oxidation sites excluding steroid dienone is 8. The Labute approximate surface area is 610 Å². The highest BCUT2D eigenvalue weighted by molar-refractivity contribution is 7.47. The maximum atomic E-state index is 13.1. The molecule has 0 aliphatic rings. The maximum Gasteiger partial charge on any atom is 0.472 e. The van der Waals surface area contributed by atoms with E-state index in [0.717, 1.165) is 135 Å². The van der Waals surface area contributed by atoms with Crippen LogP contribution in [-0.2, 0) is 65.4 Å². The van der Waals surface area contributed by atoms with Crippen molar-refractivity contribution in [3.63, 3.8) is 0 Å². The molecule has 0 aliphatic carbocycles. The summed E-state index contributed by atoms with van der Waals surface area (Å²) in [6, 6.07) is 0. The molecule has 0 saturated heterocycles. The molecule has 0 spiro atoms. The van der Waals surface area contributed by atoms with Gasteiger partial charge in [0.05, 0.1) is 26.4 Å². The fourth-order valence-corrected chi connectivity index (χ4v) is 13.1. The number of unbranched alkanes of at least 4 members (excludes halogenated alkanes) is 44. The van der Waals surface area contributed by atoms with Crippen LogP contribution in [0.2, 0.25) is 0 Å². The number of ether oxygens (including phenoxy) is 4. The molecular weight excluding hydrogens is 1310 g/mol. The first-order valence-electron chi connectivity index (χ1n) is 40.9. The van der Waals surface area contributed by atoms with Crippen LogP contribution in [0.4, 0.5) is 0 Å². The van der Waals surface area contributed by atoms with Crippen molar-refractivity contribution in [2.45, 2.75) is 406 Å². The highest BCUT2D eigenvalue weighted by Crippen LogP contribution is 2.45. The summed E-state index contributed by atoms with van der Waals surface area (Å²) in [5, 5.41) is 10.6. The van der Waals surface area contributed by atoms with Gasteiger partial charge in [-0.3, -0.25) is 37.3 Å². The zero-order valence-corrected chi connectivity index (χ0v) is 65.9. The summed E-state index contributed by atoms with van der Waals surface area (Å²) in [5.74, 6) is -2.16. The van der Waals surface area contributed by atoms with Crippen molar-refractivity contribution in [3.05, 3.63) is 48.6 Å². The summed E-state index contributed by atoms with van der Waals surface area (Å²) in [4.78, 5) is 73.0. The molecule has 0 aromatic rings. The minimum Gasteiger partial charge on any atom is -0.462 e. The minimum absolute atomic E-state index is 0.0852. The van der Waals surface area contributed by atoms with Gasteiger partial charge in [0.1, 0.15) is 19.3 Å². The number of phosphoric ester groups is 2. The zero-order chi connectivity index (χ0) is 73.2. The predicted octanol–water partition coefficient (Wildman–Crippen LogP) is 23.7. The van der Waals surface area contributed by atoms with Gasteiger partial charge < -0.3 is 33.8 Å². The normalized spacial score (nSPS) is 14.1. The van der Waals surface area contributed by atoms with Gasteiger partial charge >= 0.3 is 39.5 Å². The highest BCUT2D eigenvalue weighted by Gasteiger charge is 2.30. The van der Waals surface area contributed by atoms with Gasteiger partial charge in [0.25, 0.3) is 0 Å². The number of phosphoric acid groups is 2. The summed E-state index contributed by atoms with van der Waals surface area (Å²) in [5.41, 5.74) is 0. The molecule has 0 fully saturated rings. The number of rotatable bonds is 78. The van der Waals surface area contributed by atoms with Gasteiger partial charge in [-0.2, -0.15) is 0 Å². The zero-order valence-electron chi connectivity index (χ0n) is 64.1. The highest BCUT2D eigenvalue weighted by atomic mass is 31.2. The lowest BCUT2D eigenvalue weighted by molar-refractivity contribution is -0.161. The Balaban J connectivity index is 5.33. The van der Waals surface area contributed by atoms with Crippen LogP contribution in [0.25, 0.3) is 0 Å². The van der Waals surface area contributed by atoms with Crippen molar-refractivity contribution in [2.75, 3.05) is 39.6 Å². The molecule has 0 rings (SSSR count). The summed E-state index contributed by atoms with van der Waals surface area (Å²) < 4.78 is 68.7. The van der Waals surface area contributed by atoms with Gasteiger partial charge in [-0.1, -0.05) is 320 Å². The van der Waals surface area contributed by atoms with Gasteiger partial charge in [-0.05, 0) is 89.9 Å². The first-order chi connectivity index (χ1) is 48.7. The van der Waals surface area contributed by atoms with Crippen LogP contribution in [0.5, 0.6) is 0 Å². The molecule has 0 heterocycles. The molecule has 0 amide bonds. The number of aliphatic hydroxyl groups excluding tert-OH is 1. The summed E-state index contributed by atoms with van der Waals surface area (Å²) in [6.07, 6.45) is 72.2. The minimum atomic E-state index is -4.97. The molecule has 19 heteroatoms. The van der Waals surface area contributed by atoms with Gasteiger partial charge in [-0.15, -0.1) is 0 Å². The molecule has 5 atom stereocenters. The van der Waals surface area contributed by atoms with Crippen molar-refractivity contribution >= 4 is 39.5 Å². The second-order valence-electron chi connectivity index (χ2n) is 27.7. The number of hydrogen-bond acceptors (Lipinski definition) is 15. The van der Waals surface area contributed by atoms with Crippen LogP contribution in [0, 0.1) is 0 Å². The molecule has 0 aromatic heterocycles. The molecule has 17 nitrogen and oxygen atoms in total. The van der Waals surface area contributed by atoms with Crippen LogP contribution < -0.4 is 0 Å². The van der Waals surface area contributed by atoms with E-state index in [1.807, 2.05) is 0 Å². The van der Waals surface area contributed by atoms with E-state index in [1.54, 1.807) is 0 Å². The van der Waals surface area contributed by atoms with Crippen LogP contribution in [0.3, 0.4) is 0 Å². The van der Waals surface area contributed by atoms with Crippen molar-refractivity contribution < 1.29 is 80.2 Å². The number of carbonyl (C=O) groups is 4. The van der Waals surface area contributed by atoms with E-state index in [9.17, 15) is 43.2 Å². The largest absolute Gasteiger partial charge is 0.472 e. The smallest absolute Gasteiger partial charge is 0.462 e. The van der Waals surface area contributed by atoms with E-state index in [-0.39, 0.29) is 25.7 Å². The van der Waals surface area contributed by atoms with Gasteiger partial charge in [-0.25, -0.2) is 9.13 Å². The van der Waals surface area contributed by atoms with Gasteiger partial charge in [0, 0.05) is 25.7 Å². The molecule has 0 bridgehead atoms. The molecular formula is C81H150O17P2. The second-order valence-corrected chi connectivity index (χ2v) is 30.6. The predicted molar refractivity (Wildman–Crippen MR) is 409 cm³/mol. The molecule has 0 radical (unpaired) electrons. The Hall–Kier alpha value is -2.98. The molecule has 586 valence electrons. The van der Waals surface area contributed by atoms with Crippen molar-refractivity contribution in [1.82, 2.24) is 0 Å². The summed E-state index contributed by atoms with van der Waals surface area (Å²) in [6.45, 7) is 4.89. The summed E-state index contributed by atoms with van der Waals surface area (Å²) >= 11 is 0. The van der Waals surface area contributed by atoms with Crippen LogP contribution >= 0.6 is 15.6 Å². The second kappa shape index (κ2) is 74.3. The Morgan fingerprint density at radius 1 is 0.280 bits per heavy atom. The van der Waals surface area contributed by atoms with E-state index >= 15 is 0 Å². The summed E-state index contributed by atoms with van der Waals surface area (Å²) in [7, 11) is -9.94. The maximum absolute atomic E-state index is 13.1. The molecule has 0 saturated carbocycles. The average Bonchev–Trinajstić information content (AvgIpc) is 0.933. The fraction of sp³-hybridized carbons (Fsp3) is 0.852. The molecule has 0 aliphatic heterocycles. The third-order valence-electron chi connectivity index (χ3n) is 17.8. The molecule has 0 aromatic carbocycles. The Kier molecular flexibility index (Phi) is 72.1. The third kappa shape index (κ3) is 73.3. The van der Waals surface area contributed by atoms with Gasteiger partial charge in [0.15, 0.2) is 12.2 Å². The topological polar surface area (TPSA) is 237 Å². The lowest BCUT2D eigenvalue weighted by Gasteiger charge is -2.21. The number of carbonyl (C=O) groups excluding carboxylic acids is 4. The number of esters is 4. The Morgan fingerprint density at radius 2 is 0.490 bits per heavy atom. The first kappa shape index (κ1) is 97.0. The Morgan fingerprint density at radius 3 is 0.760 bits per heavy atom. The van der Waals surface area contributed by atoms with Crippen molar-refractivity contribution in [1.29, 1.82) is 0 Å². The molecule has 100 heavy (non-hydrogen) atoms. The SMILES string of the molecule is CCCCC/C=C\C/C=C\CCCCCCCC(=O)OC[C@H](COP(=O)(O)OC[C@@H](O)COP(=O)(O)OC[C@@H](COC(=O)CCCCCCCCCCCCCCC)OC(=O)CCCCCCC/C=C\C/C=C\CCCCC)OC(=O)CCCCCCCCCCCCCCCCCCC. The fourth-order valence-electron chi connectivity index (χ4n) is 11.5. The third-order valence-corrected chi connectivity index (χ3v) is 19.7. The number of aliphatic hydroxyl groups is 1. The van der Waals surface area contributed by atoms with E-state index in [1.165, 1.54) is 173 Å². The van der Waals surface area contributed by atoms with Crippen LogP contribution in [0.1, 0.15) is 387 Å². The quantitative estimate of drug-likeness (QED) is 0.0169. The number of hydrogen-bond donors (Lipinski definition) is 3. The lowest BCUT2D eigenvalue weighted by atomic mass is 10.0. The molecule has 3 N–H and O–H groups in total. The van der Waals surface area contributed by atoms with E-state index in [4.69, 9.17) is 37.0 Å². The van der Waals surface area contributed by atoms with Crippen molar-refractivity contribution in [2.24, 2.45) is 0 Å².